The van der Waals surface area contributed by atoms with Crippen LogP contribution in [0, 0.1) is 0 Å². The van der Waals surface area contributed by atoms with Crippen LogP contribution in [0.5, 0.6) is 0 Å². The molecule has 2 atom stereocenters. The van der Waals surface area contributed by atoms with Crippen molar-refractivity contribution in [1.82, 2.24) is 0 Å². The highest BCUT2D eigenvalue weighted by molar-refractivity contribution is 7.62. The quantitative estimate of drug-likeness (QED) is 0.522. The average molecular weight is 376 g/mol. The van der Waals surface area contributed by atoms with Crippen LogP contribution < -0.4 is 4.78 Å². The van der Waals surface area contributed by atoms with E-state index >= 15 is 0 Å². The predicted molar refractivity (Wildman–Crippen MR) is 110 cm³/mol. The molecule has 1 aliphatic rings. The summed E-state index contributed by atoms with van der Waals surface area (Å²) in [4.78, 5) is 0. The number of nitrogens with zero attached hydrogens (tertiary/aromatic N) is 2. The monoisotopic (exact) mass is 376 g/mol. The third-order valence-electron chi connectivity index (χ3n) is 4.54. The van der Waals surface area contributed by atoms with E-state index in [4.69, 9.17) is 9.63 Å². The molecule has 27 heavy (non-hydrogen) atoms. The second-order valence-electron chi connectivity index (χ2n) is 6.27. The summed E-state index contributed by atoms with van der Waals surface area (Å²) in [5.74, 6) is 0. The van der Waals surface area contributed by atoms with Crippen molar-refractivity contribution >= 4 is 18.9 Å². The molecule has 136 valence electrons. The van der Waals surface area contributed by atoms with Crippen LogP contribution in [-0.2, 0) is 9.09 Å². The van der Waals surface area contributed by atoms with E-state index in [0.717, 1.165) is 22.5 Å². The highest BCUT2D eigenvalue weighted by Gasteiger charge is 2.50. The molecule has 3 aromatic rings. The summed E-state index contributed by atoms with van der Waals surface area (Å²) in [6.45, 7) is 2.22. The minimum absolute atomic E-state index is 0.349. The Morgan fingerprint density at radius 2 is 1.44 bits per heavy atom. The minimum atomic E-state index is -3.33. The maximum atomic E-state index is 14.2. The summed E-state index contributed by atoms with van der Waals surface area (Å²) >= 11 is 0. The fraction of sp³-hybridized carbons (Fsp3) is 0.136. The summed E-state index contributed by atoms with van der Waals surface area (Å²) in [5, 5.41) is 4.82. The first-order valence-electron chi connectivity index (χ1n) is 9.03. The first-order chi connectivity index (χ1) is 13.2. The van der Waals surface area contributed by atoms with Crippen LogP contribution in [0.15, 0.2) is 96.1 Å². The van der Waals surface area contributed by atoms with Gasteiger partial charge in [0.25, 0.3) is 0 Å². The van der Waals surface area contributed by atoms with E-state index in [-0.39, 0.29) is 0 Å². The van der Waals surface area contributed by atoms with Crippen molar-refractivity contribution < 1.29 is 9.09 Å². The van der Waals surface area contributed by atoms with Crippen LogP contribution in [-0.4, -0.2) is 12.3 Å². The topological polar surface area (TPSA) is 41.9 Å². The Morgan fingerprint density at radius 1 is 0.889 bits per heavy atom. The van der Waals surface area contributed by atoms with Gasteiger partial charge in [0, 0.05) is 0 Å². The highest BCUT2D eigenvalue weighted by atomic mass is 31.2. The standard InChI is InChI=1S/C22H21N2O2P/c1-2-26-27(25)22(19-14-8-4-9-15-19)21(18-12-6-3-7-13-18)23-24(27)20-16-10-5-11-17-20/h3-17,22H,2H2,1H3/t22-,27+/m1/s1. The molecular formula is C22H21N2O2P. The van der Waals surface area contributed by atoms with E-state index in [1.54, 1.807) is 4.78 Å². The van der Waals surface area contributed by atoms with Crippen LogP contribution in [0.25, 0.3) is 0 Å². The van der Waals surface area contributed by atoms with E-state index in [1.165, 1.54) is 0 Å². The SMILES string of the molecule is CCO[P@@]1(=O)[C@H](c2ccccc2)C(c2ccccc2)=NN1c1ccccc1. The van der Waals surface area contributed by atoms with Crippen LogP contribution in [0.3, 0.4) is 0 Å². The van der Waals surface area contributed by atoms with E-state index in [1.807, 2.05) is 97.9 Å². The van der Waals surface area contributed by atoms with Gasteiger partial charge in [-0.3, -0.25) is 4.57 Å². The second-order valence-corrected chi connectivity index (χ2v) is 8.55. The first-order valence-corrected chi connectivity index (χ1v) is 10.7. The molecule has 0 aliphatic carbocycles. The second kappa shape index (κ2) is 7.51. The maximum absolute atomic E-state index is 14.2. The molecule has 0 aromatic heterocycles. The molecule has 0 N–H and O–H groups in total. The van der Waals surface area contributed by atoms with Crippen molar-refractivity contribution in [2.24, 2.45) is 5.10 Å². The fourth-order valence-electron chi connectivity index (χ4n) is 3.38. The van der Waals surface area contributed by atoms with Crippen molar-refractivity contribution in [3.8, 4) is 0 Å². The van der Waals surface area contributed by atoms with E-state index in [2.05, 4.69) is 0 Å². The molecule has 3 aromatic carbocycles. The fourth-order valence-corrected chi connectivity index (χ4v) is 5.97. The van der Waals surface area contributed by atoms with Gasteiger partial charge in [0.1, 0.15) is 5.66 Å². The summed E-state index contributed by atoms with van der Waals surface area (Å²) in [6.07, 6.45) is 0. The third-order valence-corrected chi connectivity index (χ3v) is 7.21. The largest absolute Gasteiger partial charge is 0.329 e. The highest BCUT2D eigenvalue weighted by Crippen LogP contribution is 2.68. The van der Waals surface area contributed by atoms with Crippen LogP contribution in [0.4, 0.5) is 5.69 Å². The molecule has 0 unspecified atom stereocenters. The van der Waals surface area contributed by atoms with Gasteiger partial charge in [0.2, 0.25) is 0 Å². The average Bonchev–Trinajstić information content (AvgIpc) is 3.03. The van der Waals surface area contributed by atoms with Gasteiger partial charge >= 0.3 is 7.52 Å². The van der Waals surface area contributed by atoms with Crippen molar-refractivity contribution in [2.45, 2.75) is 12.6 Å². The molecule has 0 spiro atoms. The van der Waals surface area contributed by atoms with Gasteiger partial charge in [-0.2, -0.15) is 9.88 Å². The Hall–Kier alpha value is -2.68. The molecular weight excluding hydrogens is 355 g/mol. The molecule has 0 saturated carbocycles. The number of hydrogen-bond acceptors (Lipinski definition) is 3. The van der Waals surface area contributed by atoms with Crippen LogP contribution in [0.2, 0.25) is 0 Å². The predicted octanol–water partition coefficient (Wildman–Crippen LogP) is 5.88. The lowest BCUT2D eigenvalue weighted by atomic mass is 10.0. The Bertz CT molecular complexity index is 975. The molecule has 0 radical (unpaired) electrons. The number of anilines is 1. The summed E-state index contributed by atoms with van der Waals surface area (Å²) in [6, 6.07) is 29.3. The van der Waals surface area contributed by atoms with Crippen LogP contribution >= 0.6 is 7.52 Å². The smallest absolute Gasteiger partial charge is 0.312 e. The maximum Gasteiger partial charge on any atom is 0.329 e. The van der Waals surface area contributed by atoms with Gasteiger partial charge in [-0.05, 0) is 30.2 Å². The first kappa shape index (κ1) is 17.7. The van der Waals surface area contributed by atoms with E-state index < -0.39 is 13.2 Å². The number of para-hydroxylation sites is 1. The van der Waals surface area contributed by atoms with Gasteiger partial charge in [-0.1, -0.05) is 78.9 Å². The third kappa shape index (κ3) is 3.23. The van der Waals surface area contributed by atoms with Crippen molar-refractivity contribution in [3.63, 3.8) is 0 Å². The number of benzene rings is 3. The molecule has 4 nitrogen and oxygen atoms in total. The Morgan fingerprint density at radius 3 is 2.04 bits per heavy atom. The van der Waals surface area contributed by atoms with Crippen molar-refractivity contribution in [3.05, 3.63) is 102 Å². The number of hydrazone groups is 1. The lowest BCUT2D eigenvalue weighted by Crippen LogP contribution is -2.15. The molecule has 0 fully saturated rings. The van der Waals surface area contributed by atoms with Gasteiger partial charge in [-0.25, -0.2) is 0 Å². The van der Waals surface area contributed by atoms with Crippen LogP contribution in [0.1, 0.15) is 23.7 Å². The lowest BCUT2D eigenvalue weighted by molar-refractivity contribution is 0.330. The zero-order valence-corrected chi connectivity index (χ0v) is 16.0. The molecule has 5 heteroatoms. The Labute approximate surface area is 159 Å². The number of rotatable bonds is 5. The van der Waals surface area contributed by atoms with E-state index in [0.29, 0.717) is 6.61 Å². The van der Waals surface area contributed by atoms with Gasteiger partial charge < -0.3 is 4.52 Å². The minimum Gasteiger partial charge on any atom is -0.312 e. The molecule has 0 amide bonds. The molecule has 1 aliphatic heterocycles. The molecule has 0 saturated heterocycles. The van der Waals surface area contributed by atoms with Crippen molar-refractivity contribution in [1.29, 1.82) is 0 Å². The molecule has 0 bridgehead atoms. The van der Waals surface area contributed by atoms with E-state index in [9.17, 15) is 4.57 Å². The van der Waals surface area contributed by atoms with Gasteiger partial charge in [0.15, 0.2) is 0 Å². The zero-order valence-electron chi connectivity index (χ0n) is 15.1. The van der Waals surface area contributed by atoms with Gasteiger partial charge in [-0.15, -0.1) is 0 Å². The molecule has 4 rings (SSSR count). The lowest BCUT2D eigenvalue weighted by Gasteiger charge is -2.27. The zero-order chi connectivity index (χ0) is 18.7. The summed E-state index contributed by atoms with van der Waals surface area (Å²) < 4.78 is 21.8. The summed E-state index contributed by atoms with van der Waals surface area (Å²) in [7, 11) is -3.33. The Balaban J connectivity index is 1.92. The molecule has 1 heterocycles. The Kier molecular flexibility index (Phi) is 4.93. The normalized spacial score (nSPS) is 21.9. The van der Waals surface area contributed by atoms with Crippen molar-refractivity contribution in [2.75, 3.05) is 11.4 Å². The van der Waals surface area contributed by atoms with Gasteiger partial charge in [0.05, 0.1) is 18.0 Å². The number of hydrogen-bond donors (Lipinski definition) is 0. The summed E-state index contributed by atoms with van der Waals surface area (Å²) in [5.41, 5.74) is 2.98.